The lowest BCUT2D eigenvalue weighted by molar-refractivity contribution is 0.0395. The highest BCUT2D eigenvalue weighted by molar-refractivity contribution is 6.17. The van der Waals surface area contributed by atoms with Crippen molar-refractivity contribution >= 4 is 11.6 Å². The Morgan fingerprint density at radius 3 is 1.61 bits per heavy atom. The van der Waals surface area contributed by atoms with Gasteiger partial charge in [-0.2, -0.15) is 0 Å². The van der Waals surface area contributed by atoms with Crippen molar-refractivity contribution in [2.24, 2.45) is 5.92 Å². The van der Waals surface area contributed by atoms with Gasteiger partial charge in [-0.05, 0) is 76.4 Å². The van der Waals surface area contributed by atoms with Crippen LogP contribution in [0.5, 0.6) is 11.5 Å². The summed E-state index contributed by atoms with van der Waals surface area (Å²) in [7, 11) is 0. The predicted molar refractivity (Wildman–Crippen MR) is 180 cm³/mol. The number of hydrogen-bond acceptors (Lipinski definition) is 4. The Kier molecular flexibility index (Phi) is 11.8. The molecule has 0 heterocycles. The van der Waals surface area contributed by atoms with Gasteiger partial charge in [0.15, 0.2) is 0 Å². The average molecular weight is 613 g/mol. The number of benzene rings is 4. The van der Waals surface area contributed by atoms with Gasteiger partial charge in [-0.1, -0.05) is 93.1 Å². The molecule has 0 amide bonds. The molecule has 5 heteroatoms. The second-order valence-corrected chi connectivity index (χ2v) is 11.9. The van der Waals surface area contributed by atoms with Gasteiger partial charge in [0.05, 0.1) is 31.8 Å². The maximum atomic E-state index is 6.11. The molecular formula is C39H45ClO4. The third-order valence-corrected chi connectivity index (χ3v) is 8.87. The highest BCUT2D eigenvalue weighted by Crippen LogP contribution is 2.56. The van der Waals surface area contributed by atoms with E-state index in [2.05, 4.69) is 111 Å². The normalized spacial score (nSPS) is 13.7. The van der Waals surface area contributed by atoms with E-state index in [-0.39, 0.29) is 0 Å². The fourth-order valence-electron chi connectivity index (χ4n) is 6.03. The Hall–Kier alpha value is -3.31. The molecule has 1 unspecified atom stereocenters. The predicted octanol–water partition coefficient (Wildman–Crippen LogP) is 9.30. The molecule has 1 aliphatic rings. The third-order valence-electron chi connectivity index (χ3n) is 8.60. The van der Waals surface area contributed by atoms with E-state index in [1.54, 1.807) is 0 Å². The summed E-state index contributed by atoms with van der Waals surface area (Å²) in [6, 6.07) is 34.7. The summed E-state index contributed by atoms with van der Waals surface area (Å²) in [5.41, 5.74) is 7.06. The van der Waals surface area contributed by atoms with Crippen LogP contribution in [0.2, 0.25) is 0 Å². The Morgan fingerprint density at radius 2 is 1.09 bits per heavy atom. The summed E-state index contributed by atoms with van der Waals surface area (Å²) in [5.74, 6) is 3.03. The van der Waals surface area contributed by atoms with E-state index in [1.807, 2.05) is 0 Å². The van der Waals surface area contributed by atoms with Crippen molar-refractivity contribution in [3.8, 4) is 22.6 Å². The van der Waals surface area contributed by atoms with Gasteiger partial charge in [0, 0.05) is 25.5 Å². The first-order valence-corrected chi connectivity index (χ1v) is 16.6. The lowest BCUT2D eigenvalue weighted by Crippen LogP contribution is -2.28. The smallest absolute Gasteiger partial charge is 0.119 e. The van der Waals surface area contributed by atoms with Crippen molar-refractivity contribution in [3.63, 3.8) is 0 Å². The Balaban J connectivity index is 1.28. The van der Waals surface area contributed by atoms with Crippen LogP contribution in [-0.2, 0) is 14.9 Å². The number of halogens is 1. The summed E-state index contributed by atoms with van der Waals surface area (Å²) >= 11 is 5.85. The van der Waals surface area contributed by atoms with Gasteiger partial charge in [0.1, 0.15) is 11.5 Å². The van der Waals surface area contributed by atoms with Gasteiger partial charge >= 0.3 is 0 Å². The quantitative estimate of drug-likeness (QED) is 0.0730. The second kappa shape index (κ2) is 16.1. The van der Waals surface area contributed by atoms with Gasteiger partial charge in [0.25, 0.3) is 0 Å². The van der Waals surface area contributed by atoms with Crippen LogP contribution in [0.3, 0.4) is 0 Å². The molecule has 4 nitrogen and oxygen atoms in total. The van der Waals surface area contributed by atoms with Gasteiger partial charge < -0.3 is 18.9 Å². The highest BCUT2D eigenvalue weighted by Gasteiger charge is 2.45. The number of ether oxygens (including phenoxy) is 4. The first-order chi connectivity index (χ1) is 21.7. The molecule has 44 heavy (non-hydrogen) atoms. The number of hydrogen-bond donors (Lipinski definition) is 0. The molecular weight excluding hydrogens is 568 g/mol. The van der Waals surface area contributed by atoms with Crippen molar-refractivity contribution < 1.29 is 18.9 Å². The van der Waals surface area contributed by atoms with Crippen LogP contribution >= 0.6 is 11.6 Å². The zero-order valence-corrected chi connectivity index (χ0v) is 26.9. The van der Waals surface area contributed by atoms with E-state index in [0.717, 1.165) is 43.3 Å². The average Bonchev–Trinajstić information content (AvgIpc) is 3.37. The SMILES string of the molecule is CCC(C)CCOCCOCCCOc1ccc(C2(c3ccc(OCCCCl)cc3)c3ccccc3-c3ccccc32)cc1. The standard InChI is InChI=1S/C39H45ClO4/c1-3-30(2)22-27-42-29-28-41-24-9-26-44-34-20-16-32(17-21-34)39(31-14-18-33(19-15-31)43-25-8-23-40)37-12-6-4-10-35(37)36-11-5-7-13-38(36)39/h4-7,10-21,30H,3,8-9,22-29H2,1-2H3. The third kappa shape index (κ3) is 7.31. The van der Waals surface area contributed by atoms with E-state index in [1.165, 1.54) is 39.8 Å². The minimum absolute atomic E-state index is 0.453. The van der Waals surface area contributed by atoms with E-state index in [0.29, 0.717) is 38.9 Å². The molecule has 1 atom stereocenters. The zero-order valence-electron chi connectivity index (χ0n) is 26.1. The summed E-state index contributed by atoms with van der Waals surface area (Å²) in [6.07, 6.45) is 3.96. The van der Waals surface area contributed by atoms with Crippen LogP contribution in [-0.4, -0.2) is 45.5 Å². The molecule has 0 aromatic heterocycles. The highest BCUT2D eigenvalue weighted by atomic mass is 35.5. The number of fused-ring (bicyclic) bond motifs is 3. The van der Waals surface area contributed by atoms with Crippen molar-refractivity contribution in [2.75, 3.05) is 45.5 Å². The van der Waals surface area contributed by atoms with Crippen molar-refractivity contribution in [3.05, 3.63) is 119 Å². The van der Waals surface area contributed by atoms with Crippen LogP contribution in [0.25, 0.3) is 11.1 Å². The fraction of sp³-hybridized carbons (Fsp3) is 0.385. The molecule has 0 bridgehead atoms. The van der Waals surface area contributed by atoms with Gasteiger partial charge in [0.2, 0.25) is 0 Å². The molecule has 4 aromatic rings. The van der Waals surface area contributed by atoms with Crippen LogP contribution in [0, 0.1) is 5.92 Å². The fourth-order valence-corrected chi connectivity index (χ4v) is 6.14. The van der Waals surface area contributed by atoms with Gasteiger partial charge in [-0.15, -0.1) is 11.6 Å². The summed E-state index contributed by atoms with van der Waals surface area (Å²) in [4.78, 5) is 0. The van der Waals surface area contributed by atoms with Crippen LogP contribution in [0.4, 0.5) is 0 Å². The minimum atomic E-state index is -0.453. The molecule has 0 aliphatic heterocycles. The van der Waals surface area contributed by atoms with E-state index in [4.69, 9.17) is 30.5 Å². The summed E-state index contributed by atoms with van der Waals surface area (Å²) in [6.45, 7) is 8.45. The van der Waals surface area contributed by atoms with Gasteiger partial charge in [-0.3, -0.25) is 0 Å². The maximum absolute atomic E-state index is 6.11. The molecule has 0 fully saturated rings. The first-order valence-electron chi connectivity index (χ1n) is 16.1. The molecule has 0 radical (unpaired) electrons. The summed E-state index contributed by atoms with van der Waals surface area (Å²) in [5, 5.41) is 0. The molecule has 0 N–H and O–H groups in total. The Bertz CT molecular complexity index is 1390. The van der Waals surface area contributed by atoms with Crippen molar-refractivity contribution in [1.82, 2.24) is 0 Å². The molecule has 5 rings (SSSR count). The Labute approximate surface area is 268 Å². The van der Waals surface area contributed by atoms with Crippen LogP contribution in [0.1, 0.15) is 61.8 Å². The molecule has 0 saturated carbocycles. The van der Waals surface area contributed by atoms with Crippen molar-refractivity contribution in [1.29, 1.82) is 0 Å². The minimum Gasteiger partial charge on any atom is -0.494 e. The van der Waals surface area contributed by atoms with Crippen molar-refractivity contribution in [2.45, 2.75) is 44.9 Å². The lowest BCUT2D eigenvalue weighted by Gasteiger charge is -2.34. The first kappa shape index (κ1) is 32.1. The van der Waals surface area contributed by atoms with E-state index >= 15 is 0 Å². The van der Waals surface area contributed by atoms with Gasteiger partial charge in [-0.25, -0.2) is 0 Å². The largest absolute Gasteiger partial charge is 0.494 e. The maximum Gasteiger partial charge on any atom is 0.119 e. The molecule has 4 aromatic carbocycles. The number of rotatable bonds is 18. The summed E-state index contributed by atoms with van der Waals surface area (Å²) < 4.78 is 23.5. The number of alkyl halides is 1. The molecule has 0 saturated heterocycles. The molecule has 232 valence electrons. The molecule has 0 spiro atoms. The zero-order chi connectivity index (χ0) is 30.6. The van der Waals surface area contributed by atoms with E-state index < -0.39 is 5.41 Å². The van der Waals surface area contributed by atoms with Crippen LogP contribution < -0.4 is 9.47 Å². The van der Waals surface area contributed by atoms with E-state index in [9.17, 15) is 0 Å². The molecule has 1 aliphatic carbocycles. The Morgan fingerprint density at radius 1 is 0.591 bits per heavy atom. The van der Waals surface area contributed by atoms with Crippen LogP contribution in [0.15, 0.2) is 97.1 Å². The second-order valence-electron chi connectivity index (χ2n) is 11.5. The lowest BCUT2D eigenvalue weighted by atomic mass is 9.68. The topological polar surface area (TPSA) is 36.9 Å². The monoisotopic (exact) mass is 612 g/mol.